The molecule has 0 bridgehead atoms. The van der Waals surface area contributed by atoms with E-state index in [9.17, 15) is 0 Å². The van der Waals surface area contributed by atoms with Crippen molar-refractivity contribution in [3.63, 3.8) is 0 Å². The largest absolute Gasteiger partial charge is 0.275 e. The van der Waals surface area contributed by atoms with Gasteiger partial charge in [-0.1, -0.05) is 13.0 Å². The predicted octanol–water partition coefficient (Wildman–Crippen LogP) is 3.22. The van der Waals surface area contributed by atoms with Gasteiger partial charge >= 0.3 is 0 Å². The van der Waals surface area contributed by atoms with Gasteiger partial charge in [-0.2, -0.15) is 14.7 Å². The number of benzene rings is 1. The van der Waals surface area contributed by atoms with Crippen LogP contribution in [0.2, 0.25) is 0 Å². The van der Waals surface area contributed by atoms with Crippen LogP contribution in [-0.4, -0.2) is 34.6 Å². The molecule has 4 heterocycles. The van der Waals surface area contributed by atoms with Gasteiger partial charge in [0.05, 0.1) is 11.7 Å². The molecule has 0 aliphatic rings. The molecule has 5 rings (SSSR count). The van der Waals surface area contributed by atoms with E-state index in [1.165, 1.54) is 0 Å². The highest BCUT2D eigenvalue weighted by Crippen LogP contribution is 2.28. The third kappa shape index (κ3) is 2.64. The van der Waals surface area contributed by atoms with Gasteiger partial charge in [-0.3, -0.25) is 9.67 Å². The first-order chi connectivity index (χ1) is 13.2. The maximum absolute atomic E-state index is 4.60. The van der Waals surface area contributed by atoms with Crippen molar-refractivity contribution in [1.29, 1.82) is 0 Å². The van der Waals surface area contributed by atoms with Gasteiger partial charge in [-0.15, -0.1) is 10.2 Å². The lowest BCUT2D eigenvalue weighted by Crippen LogP contribution is -2.04. The van der Waals surface area contributed by atoms with Gasteiger partial charge in [0.1, 0.15) is 0 Å². The molecule has 0 aliphatic carbocycles. The summed E-state index contributed by atoms with van der Waals surface area (Å²) in [6.45, 7) is 2.12. The van der Waals surface area contributed by atoms with Gasteiger partial charge in [0.2, 0.25) is 0 Å². The molecular weight excluding hydrogens is 338 g/mol. The van der Waals surface area contributed by atoms with Crippen LogP contribution in [0.15, 0.2) is 61.2 Å². The zero-order valence-electron chi connectivity index (χ0n) is 15.0. The van der Waals surface area contributed by atoms with Gasteiger partial charge in [0.15, 0.2) is 11.5 Å². The quantitative estimate of drug-likeness (QED) is 0.497. The average molecular weight is 355 g/mol. The monoisotopic (exact) mass is 355 g/mol. The second-order valence-electron chi connectivity index (χ2n) is 6.65. The summed E-state index contributed by atoms with van der Waals surface area (Å²) in [5.41, 5.74) is 4.96. The molecular formula is C20H17N7. The zero-order chi connectivity index (χ0) is 18.4. The van der Waals surface area contributed by atoms with E-state index in [4.69, 9.17) is 0 Å². The molecule has 4 aromatic heterocycles. The van der Waals surface area contributed by atoms with Crippen molar-refractivity contribution < 1.29 is 0 Å². The standard InChI is InChI=1S/C20H17N7/c1-13(20-25-24-19-4-3-7-22-27(19)20)14-5-6-18-15(8-14)9-16(10-21-18)17-11-23-26(2)12-17/h3-13H,1-2H3. The fourth-order valence-corrected chi connectivity index (χ4v) is 3.33. The van der Waals surface area contributed by atoms with Crippen molar-refractivity contribution in [1.82, 2.24) is 34.6 Å². The molecule has 0 N–H and O–H groups in total. The Morgan fingerprint density at radius 2 is 1.89 bits per heavy atom. The molecule has 5 aromatic rings. The van der Waals surface area contributed by atoms with Gasteiger partial charge < -0.3 is 0 Å². The Morgan fingerprint density at radius 3 is 2.74 bits per heavy atom. The minimum Gasteiger partial charge on any atom is -0.275 e. The Bertz CT molecular complexity index is 1270. The van der Waals surface area contributed by atoms with E-state index < -0.39 is 0 Å². The van der Waals surface area contributed by atoms with Gasteiger partial charge in [0.25, 0.3) is 0 Å². The third-order valence-corrected chi connectivity index (χ3v) is 4.83. The minimum atomic E-state index is 0.0568. The summed E-state index contributed by atoms with van der Waals surface area (Å²) in [6.07, 6.45) is 7.47. The predicted molar refractivity (Wildman–Crippen MR) is 102 cm³/mol. The summed E-state index contributed by atoms with van der Waals surface area (Å²) < 4.78 is 3.58. The Labute approximate surface area is 155 Å². The molecule has 1 atom stereocenters. The number of aryl methyl sites for hydroxylation is 1. The molecule has 132 valence electrons. The lowest BCUT2D eigenvalue weighted by atomic mass is 9.98. The van der Waals surface area contributed by atoms with Crippen LogP contribution in [0.5, 0.6) is 0 Å². The number of aromatic nitrogens is 7. The molecule has 0 saturated carbocycles. The normalized spacial score (nSPS) is 12.7. The van der Waals surface area contributed by atoms with Gasteiger partial charge in [-0.05, 0) is 35.9 Å². The summed E-state index contributed by atoms with van der Waals surface area (Å²) in [7, 11) is 1.91. The summed E-state index contributed by atoms with van der Waals surface area (Å²) >= 11 is 0. The number of rotatable bonds is 3. The fourth-order valence-electron chi connectivity index (χ4n) is 3.33. The first-order valence-corrected chi connectivity index (χ1v) is 8.74. The molecule has 1 aromatic carbocycles. The highest BCUT2D eigenvalue weighted by molar-refractivity contribution is 5.84. The summed E-state index contributed by atoms with van der Waals surface area (Å²) in [5, 5.41) is 18.3. The fraction of sp³-hybridized carbons (Fsp3) is 0.150. The highest BCUT2D eigenvalue weighted by atomic mass is 15.4. The molecule has 0 spiro atoms. The van der Waals surface area contributed by atoms with Crippen molar-refractivity contribution >= 4 is 16.6 Å². The Morgan fingerprint density at radius 1 is 0.963 bits per heavy atom. The molecule has 0 fully saturated rings. The number of hydrogen-bond donors (Lipinski definition) is 0. The lowest BCUT2D eigenvalue weighted by molar-refractivity contribution is 0.751. The molecule has 27 heavy (non-hydrogen) atoms. The van der Waals surface area contributed by atoms with E-state index in [1.54, 1.807) is 15.4 Å². The molecule has 0 amide bonds. The van der Waals surface area contributed by atoms with Crippen molar-refractivity contribution in [2.75, 3.05) is 0 Å². The smallest absolute Gasteiger partial charge is 0.177 e. The van der Waals surface area contributed by atoms with Crippen molar-refractivity contribution in [2.45, 2.75) is 12.8 Å². The third-order valence-electron chi connectivity index (χ3n) is 4.83. The van der Waals surface area contributed by atoms with Crippen LogP contribution in [0.1, 0.15) is 24.2 Å². The maximum Gasteiger partial charge on any atom is 0.177 e. The van der Waals surface area contributed by atoms with Crippen molar-refractivity contribution in [3.05, 3.63) is 72.6 Å². The summed E-state index contributed by atoms with van der Waals surface area (Å²) in [4.78, 5) is 4.60. The van der Waals surface area contributed by atoms with Crippen LogP contribution in [-0.2, 0) is 7.05 Å². The number of fused-ring (bicyclic) bond motifs is 2. The molecule has 0 saturated heterocycles. The van der Waals surface area contributed by atoms with Crippen molar-refractivity contribution in [3.8, 4) is 11.1 Å². The summed E-state index contributed by atoms with van der Waals surface area (Å²) in [6, 6.07) is 12.2. The van der Waals surface area contributed by atoms with Gasteiger partial charge in [0, 0.05) is 48.1 Å². The Hall–Kier alpha value is -3.61. The number of nitrogens with zero attached hydrogens (tertiary/aromatic N) is 7. The Balaban J connectivity index is 1.58. The molecule has 7 nitrogen and oxygen atoms in total. The van der Waals surface area contributed by atoms with E-state index in [1.807, 2.05) is 43.8 Å². The molecule has 0 radical (unpaired) electrons. The van der Waals surface area contributed by atoms with Crippen molar-refractivity contribution in [2.24, 2.45) is 7.05 Å². The van der Waals surface area contributed by atoms with E-state index in [2.05, 4.69) is 50.5 Å². The number of hydrogen-bond acceptors (Lipinski definition) is 5. The maximum atomic E-state index is 4.60. The van der Waals surface area contributed by atoms with Crippen LogP contribution in [0.3, 0.4) is 0 Å². The molecule has 7 heteroatoms. The Kier molecular flexibility index (Phi) is 3.46. The molecule has 0 aliphatic heterocycles. The first-order valence-electron chi connectivity index (χ1n) is 8.74. The molecule has 1 unspecified atom stereocenters. The second-order valence-corrected chi connectivity index (χ2v) is 6.65. The van der Waals surface area contributed by atoms with E-state index in [0.717, 1.165) is 39.1 Å². The summed E-state index contributed by atoms with van der Waals surface area (Å²) in [5.74, 6) is 0.877. The minimum absolute atomic E-state index is 0.0568. The average Bonchev–Trinajstić information content (AvgIpc) is 3.33. The zero-order valence-corrected chi connectivity index (χ0v) is 15.0. The van der Waals surface area contributed by atoms with Crippen LogP contribution >= 0.6 is 0 Å². The van der Waals surface area contributed by atoms with Crippen LogP contribution in [0.25, 0.3) is 27.7 Å². The first kappa shape index (κ1) is 15.6. The van der Waals surface area contributed by atoms with Crippen LogP contribution in [0.4, 0.5) is 0 Å². The van der Waals surface area contributed by atoms with Crippen LogP contribution in [0, 0.1) is 0 Å². The topological polar surface area (TPSA) is 73.8 Å². The second kappa shape index (κ2) is 5.98. The van der Waals surface area contributed by atoms with Crippen LogP contribution < -0.4 is 0 Å². The highest BCUT2D eigenvalue weighted by Gasteiger charge is 2.17. The lowest BCUT2D eigenvalue weighted by Gasteiger charge is -2.11. The van der Waals surface area contributed by atoms with Gasteiger partial charge in [-0.25, -0.2) is 0 Å². The SMILES string of the molecule is CC(c1ccc2ncc(-c3cnn(C)c3)cc2c1)c1nnc2cccnn12. The van der Waals surface area contributed by atoms with E-state index in [-0.39, 0.29) is 5.92 Å². The van der Waals surface area contributed by atoms with E-state index >= 15 is 0 Å². The number of pyridine rings is 1. The van der Waals surface area contributed by atoms with E-state index in [0.29, 0.717) is 0 Å².